The lowest BCUT2D eigenvalue weighted by atomic mass is 9.48. The summed E-state index contributed by atoms with van der Waals surface area (Å²) in [6, 6.07) is 0. The molecule has 0 saturated heterocycles. The lowest BCUT2D eigenvalue weighted by Crippen LogP contribution is -2.50. The van der Waals surface area contributed by atoms with Crippen molar-refractivity contribution in [2.45, 2.75) is 51.6 Å². The van der Waals surface area contributed by atoms with Crippen molar-refractivity contribution in [1.29, 1.82) is 0 Å². The quantitative estimate of drug-likeness (QED) is 0.657. The van der Waals surface area contributed by atoms with E-state index >= 15 is 0 Å². The fourth-order valence-electron chi connectivity index (χ4n) is 4.69. The van der Waals surface area contributed by atoms with Gasteiger partial charge in [0.15, 0.2) is 0 Å². The zero-order chi connectivity index (χ0) is 9.05. The lowest BCUT2D eigenvalue weighted by Gasteiger charge is -2.58. The maximum Gasteiger partial charge on any atom is 0.0568 e. The Hall–Kier alpha value is -0.0400. The fraction of sp³-hybridized carbons (Fsp3) is 1.00. The molecule has 74 valence electrons. The predicted octanol–water partition coefficient (Wildman–Crippen LogP) is 2.58. The number of aliphatic hydroxyl groups is 1. The Bertz CT molecular complexity index is 184. The molecule has 4 saturated carbocycles. The maximum atomic E-state index is 9.92. The van der Waals surface area contributed by atoms with Crippen LogP contribution in [0.5, 0.6) is 0 Å². The summed E-state index contributed by atoms with van der Waals surface area (Å²) in [7, 11) is 0. The second-order valence-corrected chi connectivity index (χ2v) is 5.96. The van der Waals surface area contributed by atoms with E-state index in [-0.39, 0.29) is 6.10 Å². The van der Waals surface area contributed by atoms with Crippen molar-refractivity contribution < 1.29 is 5.11 Å². The Morgan fingerprint density at radius 3 is 1.69 bits per heavy atom. The molecular weight excluding hydrogens is 160 g/mol. The van der Waals surface area contributed by atoms with E-state index in [1.165, 1.54) is 38.5 Å². The number of aliphatic hydroxyl groups excluding tert-OH is 1. The van der Waals surface area contributed by atoms with Crippen molar-refractivity contribution >= 4 is 0 Å². The van der Waals surface area contributed by atoms with Gasteiger partial charge in [-0.1, -0.05) is 0 Å². The van der Waals surface area contributed by atoms with Crippen LogP contribution in [-0.2, 0) is 0 Å². The van der Waals surface area contributed by atoms with Crippen LogP contribution in [-0.4, -0.2) is 11.2 Å². The SMILES string of the molecule is C[C@H](O)C12CC3CC(CC(C3)C1)C2. The topological polar surface area (TPSA) is 20.2 Å². The predicted molar refractivity (Wildman–Crippen MR) is 52.3 cm³/mol. The van der Waals surface area contributed by atoms with Gasteiger partial charge in [-0.05, 0) is 68.6 Å². The first-order valence-electron chi connectivity index (χ1n) is 5.86. The summed E-state index contributed by atoms with van der Waals surface area (Å²) in [5.74, 6) is 2.92. The molecular formula is C12H20O. The van der Waals surface area contributed by atoms with Gasteiger partial charge in [0.2, 0.25) is 0 Å². The van der Waals surface area contributed by atoms with E-state index in [1.54, 1.807) is 0 Å². The van der Waals surface area contributed by atoms with E-state index in [1.807, 2.05) is 6.92 Å². The third-order valence-electron chi connectivity index (χ3n) is 4.97. The minimum absolute atomic E-state index is 0.0547. The third-order valence-corrected chi connectivity index (χ3v) is 4.97. The highest BCUT2D eigenvalue weighted by atomic mass is 16.3. The van der Waals surface area contributed by atoms with Crippen LogP contribution in [0.3, 0.4) is 0 Å². The molecule has 4 aliphatic carbocycles. The standard InChI is InChI=1S/C12H20O/c1-8(13)12-5-9-2-10(6-12)4-11(3-9)7-12/h8-11,13H,2-7H2,1H3/t8-,9?,10?,11?,12?/m0/s1. The van der Waals surface area contributed by atoms with Crippen LogP contribution in [0, 0.1) is 23.2 Å². The molecule has 0 heterocycles. The van der Waals surface area contributed by atoms with Crippen LogP contribution < -0.4 is 0 Å². The fourth-order valence-corrected chi connectivity index (χ4v) is 4.69. The van der Waals surface area contributed by atoms with Gasteiger partial charge in [-0.25, -0.2) is 0 Å². The number of hydrogen-bond donors (Lipinski definition) is 1. The molecule has 4 bridgehead atoms. The molecule has 0 unspecified atom stereocenters. The van der Waals surface area contributed by atoms with Crippen LogP contribution in [0.1, 0.15) is 45.4 Å². The Morgan fingerprint density at radius 2 is 1.38 bits per heavy atom. The molecule has 1 heteroatoms. The summed E-state index contributed by atoms with van der Waals surface area (Å²) in [5, 5.41) is 9.92. The summed E-state index contributed by atoms with van der Waals surface area (Å²) >= 11 is 0. The molecule has 4 rings (SSSR count). The first kappa shape index (κ1) is 8.28. The van der Waals surface area contributed by atoms with Gasteiger partial charge < -0.3 is 5.11 Å². The van der Waals surface area contributed by atoms with E-state index < -0.39 is 0 Å². The molecule has 0 amide bonds. The van der Waals surface area contributed by atoms with E-state index in [2.05, 4.69) is 0 Å². The summed E-state index contributed by atoms with van der Waals surface area (Å²) in [6.07, 6.45) is 8.37. The van der Waals surface area contributed by atoms with Gasteiger partial charge in [-0.15, -0.1) is 0 Å². The van der Waals surface area contributed by atoms with Crippen LogP contribution in [0.25, 0.3) is 0 Å². The molecule has 0 spiro atoms. The van der Waals surface area contributed by atoms with Gasteiger partial charge >= 0.3 is 0 Å². The molecule has 0 aromatic rings. The molecule has 0 radical (unpaired) electrons. The maximum absolute atomic E-state index is 9.92. The summed E-state index contributed by atoms with van der Waals surface area (Å²) in [4.78, 5) is 0. The minimum Gasteiger partial charge on any atom is -0.393 e. The summed E-state index contributed by atoms with van der Waals surface area (Å²) in [6.45, 7) is 2.02. The average molecular weight is 180 g/mol. The number of rotatable bonds is 1. The first-order chi connectivity index (χ1) is 6.18. The summed E-state index contributed by atoms with van der Waals surface area (Å²) in [5.41, 5.74) is 0.356. The lowest BCUT2D eigenvalue weighted by molar-refractivity contribution is -0.113. The summed E-state index contributed by atoms with van der Waals surface area (Å²) < 4.78 is 0. The van der Waals surface area contributed by atoms with Crippen LogP contribution in [0.2, 0.25) is 0 Å². The Labute approximate surface area is 80.5 Å². The highest BCUT2D eigenvalue weighted by Crippen LogP contribution is 2.61. The number of hydrogen-bond acceptors (Lipinski definition) is 1. The van der Waals surface area contributed by atoms with Gasteiger partial charge in [0.1, 0.15) is 0 Å². The molecule has 0 aliphatic heterocycles. The normalized spacial score (nSPS) is 55.4. The second-order valence-electron chi connectivity index (χ2n) is 5.96. The Morgan fingerprint density at radius 1 is 1.00 bits per heavy atom. The van der Waals surface area contributed by atoms with Gasteiger partial charge in [0.25, 0.3) is 0 Å². The minimum atomic E-state index is -0.0547. The van der Waals surface area contributed by atoms with Gasteiger partial charge in [0, 0.05) is 0 Å². The average Bonchev–Trinajstić information content (AvgIpc) is 2.00. The third kappa shape index (κ3) is 1.09. The first-order valence-corrected chi connectivity index (χ1v) is 5.86. The zero-order valence-electron chi connectivity index (χ0n) is 8.50. The van der Waals surface area contributed by atoms with E-state index in [0.29, 0.717) is 5.41 Å². The monoisotopic (exact) mass is 180 g/mol. The molecule has 1 atom stereocenters. The molecule has 0 aromatic heterocycles. The van der Waals surface area contributed by atoms with E-state index in [4.69, 9.17) is 0 Å². The van der Waals surface area contributed by atoms with E-state index in [0.717, 1.165) is 17.8 Å². The molecule has 1 nitrogen and oxygen atoms in total. The van der Waals surface area contributed by atoms with Crippen molar-refractivity contribution in [3.63, 3.8) is 0 Å². The molecule has 4 aliphatic rings. The molecule has 0 aromatic carbocycles. The van der Waals surface area contributed by atoms with E-state index in [9.17, 15) is 5.11 Å². The second kappa shape index (κ2) is 2.50. The van der Waals surface area contributed by atoms with Gasteiger partial charge in [0.05, 0.1) is 6.10 Å². The highest BCUT2D eigenvalue weighted by Gasteiger charge is 2.52. The Kier molecular flexibility index (Phi) is 1.59. The molecule has 1 N–H and O–H groups in total. The van der Waals surface area contributed by atoms with Crippen LogP contribution >= 0.6 is 0 Å². The Balaban J connectivity index is 1.91. The van der Waals surface area contributed by atoms with Crippen LogP contribution in [0.4, 0.5) is 0 Å². The van der Waals surface area contributed by atoms with Crippen molar-refractivity contribution in [3.8, 4) is 0 Å². The smallest absolute Gasteiger partial charge is 0.0568 e. The van der Waals surface area contributed by atoms with Gasteiger partial charge in [-0.3, -0.25) is 0 Å². The van der Waals surface area contributed by atoms with Crippen LogP contribution in [0.15, 0.2) is 0 Å². The largest absolute Gasteiger partial charge is 0.393 e. The molecule has 13 heavy (non-hydrogen) atoms. The van der Waals surface area contributed by atoms with Gasteiger partial charge in [-0.2, -0.15) is 0 Å². The van der Waals surface area contributed by atoms with Crippen molar-refractivity contribution in [1.82, 2.24) is 0 Å². The van der Waals surface area contributed by atoms with Crippen molar-refractivity contribution in [2.75, 3.05) is 0 Å². The zero-order valence-corrected chi connectivity index (χ0v) is 8.50. The van der Waals surface area contributed by atoms with Crippen molar-refractivity contribution in [3.05, 3.63) is 0 Å². The highest BCUT2D eigenvalue weighted by molar-refractivity contribution is 5.03. The molecule has 4 fully saturated rings. The van der Waals surface area contributed by atoms with Crippen molar-refractivity contribution in [2.24, 2.45) is 23.2 Å².